The Morgan fingerprint density at radius 2 is 1.93 bits per heavy atom. The highest BCUT2D eigenvalue weighted by Crippen LogP contribution is 2.28. The highest BCUT2D eigenvalue weighted by Gasteiger charge is 2.20. The summed E-state index contributed by atoms with van der Waals surface area (Å²) in [7, 11) is 0. The van der Waals surface area contributed by atoms with Gasteiger partial charge >= 0.3 is 11.6 Å². The summed E-state index contributed by atoms with van der Waals surface area (Å²) in [6.45, 7) is 1.99. The molecule has 0 saturated heterocycles. The van der Waals surface area contributed by atoms with Crippen LogP contribution in [-0.2, 0) is 24.2 Å². The van der Waals surface area contributed by atoms with Gasteiger partial charge in [-0.1, -0.05) is 37.3 Å². The maximum absolute atomic E-state index is 11.9. The normalized spacial score (nSPS) is 12.2. The molecule has 3 rings (SSSR count). The molecule has 0 aliphatic carbocycles. The third kappa shape index (κ3) is 4.17. The molecule has 27 heavy (non-hydrogen) atoms. The molecule has 0 spiro atoms. The fourth-order valence-electron chi connectivity index (χ4n) is 3.12. The van der Waals surface area contributed by atoms with Crippen molar-refractivity contribution in [2.75, 3.05) is 0 Å². The largest absolute Gasteiger partial charge is 0.507 e. The van der Waals surface area contributed by atoms with Gasteiger partial charge in [0.15, 0.2) is 0 Å². The molecule has 0 bridgehead atoms. The third-order valence-corrected chi connectivity index (χ3v) is 4.56. The van der Waals surface area contributed by atoms with Crippen LogP contribution in [0.4, 0.5) is 0 Å². The number of aromatic hydroxyl groups is 1. The number of carboxylic acids is 1. The molecule has 0 unspecified atom stereocenters. The molecule has 1 aromatic heterocycles. The van der Waals surface area contributed by atoms with Gasteiger partial charge in [0.1, 0.15) is 17.4 Å². The van der Waals surface area contributed by atoms with Crippen LogP contribution in [0, 0.1) is 0 Å². The molecule has 0 radical (unpaired) electrons. The summed E-state index contributed by atoms with van der Waals surface area (Å²) in [4.78, 5) is 23.5. The van der Waals surface area contributed by atoms with Crippen molar-refractivity contribution < 1.29 is 19.4 Å². The zero-order chi connectivity index (χ0) is 19.4. The average Bonchev–Trinajstić information content (AvgIpc) is 2.66. The first kappa shape index (κ1) is 18.7. The number of carboxylic acid groups (broad SMARTS) is 1. The van der Waals surface area contributed by atoms with Crippen LogP contribution in [-0.4, -0.2) is 22.2 Å². The van der Waals surface area contributed by atoms with Crippen molar-refractivity contribution in [3.05, 3.63) is 75.6 Å². The fraction of sp³-hybridized carbons (Fsp3) is 0.238. The number of carbonyl (C=O) groups is 1. The monoisotopic (exact) mass is 367 g/mol. The molecule has 140 valence electrons. The second-order valence-corrected chi connectivity index (χ2v) is 6.35. The Balaban J connectivity index is 1.91. The molecular weight excluding hydrogens is 346 g/mol. The molecule has 1 atom stereocenters. The van der Waals surface area contributed by atoms with Crippen molar-refractivity contribution in [3.8, 4) is 5.75 Å². The fourth-order valence-corrected chi connectivity index (χ4v) is 3.12. The number of phenols is 1. The summed E-state index contributed by atoms with van der Waals surface area (Å²) in [6, 6.07) is 13.1. The quantitative estimate of drug-likeness (QED) is 0.555. The summed E-state index contributed by atoms with van der Waals surface area (Å²) in [6.07, 6.45) is 0.942. The average molecular weight is 367 g/mol. The van der Waals surface area contributed by atoms with Crippen LogP contribution in [0.1, 0.15) is 23.6 Å². The van der Waals surface area contributed by atoms with Gasteiger partial charge in [-0.2, -0.15) is 0 Å². The zero-order valence-electron chi connectivity index (χ0n) is 14.9. The minimum atomic E-state index is -0.991. The molecule has 3 N–H and O–H groups in total. The van der Waals surface area contributed by atoms with Crippen LogP contribution in [0.15, 0.2) is 57.7 Å². The first-order valence-corrected chi connectivity index (χ1v) is 8.77. The molecule has 3 aromatic rings. The van der Waals surface area contributed by atoms with Gasteiger partial charge < -0.3 is 14.6 Å². The molecular formula is C21H21NO5. The van der Waals surface area contributed by atoms with E-state index in [-0.39, 0.29) is 17.9 Å². The predicted molar refractivity (Wildman–Crippen MR) is 102 cm³/mol. The molecule has 0 fully saturated rings. The third-order valence-electron chi connectivity index (χ3n) is 4.56. The molecule has 0 amide bonds. The topological polar surface area (TPSA) is 99.8 Å². The van der Waals surface area contributed by atoms with Gasteiger partial charge in [0, 0.05) is 18.0 Å². The summed E-state index contributed by atoms with van der Waals surface area (Å²) in [5.41, 5.74) is 1.88. The number of rotatable bonds is 7. The van der Waals surface area contributed by atoms with Gasteiger partial charge in [0.25, 0.3) is 0 Å². The summed E-state index contributed by atoms with van der Waals surface area (Å²) in [5, 5.41) is 23.5. The van der Waals surface area contributed by atoms with Crippen LogP contribution in [0.3, 0.4) is 0 Å². The standard InChI is InChI=1S/C21H21NO5/c1-2-14-11-19(24)27-20-15(14)8-9-18(23)16(20)12-22-17(21(25)26)10-13-6-4-3-5-7-13/h3-9,11,17,22-23H,2,10,12H2,1H3,(H,25,26)/t17-/m0/s1. The Labute approximate surface area is 156 Å². The van der Waals surface area contributed by atoms with E-state index in [0.717, 1.165) is 16.5 Å². The van der Waals surface area contributed by atoms with Gasteiger partial charge in [-0.15, -0.1) is 0 Å². The number of benzene rings is 2. The number of phenolic OH excluding ortho intramolecular Hbond substituents is 1. The van der Waals surface area contributed by atoms with E-state index in [1.165, 1.54) is 12.1 Å². The zero-order valence-corrected chi connectivity index (χ0v) is 14.9. The van der Waals surface area contributed by atoms with E-state index in [4.69, 9.17) is 4.42 Å². The van der Waals surface area contributed by atoms with Crippen molar-refractivity contribution in [2.24, 2.45) is 0 Å². The molecule has 6 heteroatoms. The number of hydrogen-bond acceptors (Lipinski definition) is 5. The number of hydrogen-bond donors (Lipinski definition) is 3. The smallest absolute Gasteiger partial charge is 0.336 e. The highest BCUT2D eigenvalue weighted by molar-refractivity contribution is 5.85. The van der Waals surface area contributed by atoms with E-state index in [0.29, 0.717) is 18.4 Å². The lowest BCUT2D eigenvalue weighted by molar-refractivity contribution is -0.139. The number of aryl methyl sites for hydroxylation is 1. The molecule has 0 aliphatic rings. The Hall–Kier alpha value is -3.12. The van der Waals surface area contributed by atoms with Gasteiger partial charge in [-0.05, 0) is 36.1 Å². The van der Waals surface area contributed by atoms with Gasteiger partial charge in [0.05, 0.1) is 5.56 Å². The van der Waals surface area contributed by atoms with Crippen molar-refractivity contribution in [1.29, 1.82) is 0 Å². The number of fused-ring (bicyclic) bond motifs is 1. The molecule has 1 heterocycles. The van der Waals surface area contributed by atoms with E-state index < -0.39 is 17.6 Å². The second-order valence-electron chi connectivity index (χ2n) is 6.35. The lowest BCUT2D eigenvalue weighted by Gasteiger charge is -2.16. The lowest BCUT2D eigenvalue weighted by Crippen LogP contribution is -2.38. The first-order valence-electron chi connectivity index (χ1n) is 8.77. The Morgan fingerprint density at radius 3 is 2.59 bits per heavy atom. The maximum Gasteiger partial charge on any atom is 0.336 e. The van der Waals surface area contributed by atoms with Crippen molar-refractivity contribution in [1.82, 2.24) is 5.32 Å². The van der Waals surface area contributed by atoms with Crippen molar-refractivity contribution in [3.63, 3.8) is 0 Å². The number of nitrogens with one attached hydrogen (secondary N) is 1. The summed E-state index contributed by atoms with van der Waals surface area (Å²) >= 11 is 0. The van der Waals surface area contributed by atoms with Crippen LogP contribution >= 0.6 is 0 Å². The van der Waals surface area contributed by atoms with E-state index in [1.54, 1.807) is 6.07 Å². The Kier molecular flexibility index (Phi) is 5.57. The molecule has 6 nitrogen and oxygen atoms in total. The molecule has 2 aromatic carbocycles. The second kappa shape index (κ2) is 8.05. The minimum Gasteiger partial charge on any atom is -0.507 e. The molecule has 0 saturated carbocycles. The van der Waals surface area contributed by atoms with Crippen LogP contribution in [0.2, 0.25) is 0 Å². The highest BCUT2D eigenvalue weighted by atomic mass is 16.4. The van der Waals surface area contributed by atoms with E-state index in [9.17, 15) is 19.8 Å². The van der Waals surface area contributed by atoms with Gasteiger partial charge in [0.2, 0.25) is 0 Å². The Bertz CT molecular complexity index is 1010. The Morgan fingerprint density at radius 1 is 1.19 bits per heavy atom. The van der Waals surface area contributed by atoms with Crippen LogP contribution in [0.25, 0.3) is 11.0 Å². The SMILES string of the molecule is CCc1cc(=O)oc2c(CN[C@@H](Cc3ccccc3)C(=O)O)c(O)ccc12. The first-order chi connectivity index (χ1) is 13.0. The predicted octanol–water partition coefficient (Wildman–Crippen LogP) is 2.85. The maximum atomic E-state index is 11.9. The summed E-state index contributed by atoms with van der Waals surface area (Å²) in [5.74, 6) is -1.04. The van der Waals surface area contributed by atoms with E-state index >= 15 is 0 Å². The van der Waals surface area contributed by atoms with Crippen molar-refractivity contribution in [2.45, 2.75) is 32.4 Å². The van der Waals surface area contributed by atoms with Crippen LogP contribution in [0.5, 0.6) is 5.75 Å². The lowest BCUT2D eigenvalue weighted by atomic mass is 10.0. The van der Waals surface area contributed by atoms with Gasteiger partial charge in [-0.25, -0.2) is 4.79 Å². The van der Waals surface area contributed by atoms with Crippen LogP contribution < -0.4 is 10.9 Å². The summed E-state index contributed by atoms with van der Waals surface area (Å²) < 4.78 is 5.32. The minimum absolute atomic E-state index is 0.0461. The van der Waals surface area contributed by atoms with Crippen molar-refractivity contribution >= 4 is 16.9 Å². The van der Waals surface area contributed by atoms with E-state index in [1.807, 2.05) is 37.3 Å². The molecule has 0 aliphatic heterocycles. The van der Waals surface area contributed by atoms with E-state index in [2.05, 4.69) is 5.32 Å². The number of aliphatic carboxylic acids is 1. The van der Waals surface area contributed by atoms with Gasteiger partial charge in [-0.3, -0.25) is 10.1 Å².